The minimum atomic E-state index is 0.533. The molecular formula is C11H21N3. The third-order valence-corrected chi connectivity index (χ3v) is 3.21. The Balaban J connectivity index is 1.91. The molecule has 2 rings (SSSR count). The van der Waals surface area contributed by atoms with Crippen LogP contribution < -0.4 is 5.32 Å². The molecule has 0 bridgehead atoms. The molecule has 3 heteroatoms. The molecule has 0 radical (unpaired) electrons. The van der Waals surface area contributed by atoms with Crippen molar-refractivity contribution in [3.63, 3.8) is 0 Å². The number of nitrogens with zero attached hydrogens (tertiary/aromatic N) is 2. The highest BCUT2D eigenvalue weighted by atomic mass is 15.3. The molecule has 1 N–H and O–H groups in total. The predicted octanol–water partition coefficient (Wildman–Crippen LogP) is 1.46. The van der Waals surface area contributed by atoms with Gasteiger partial charge in [-0.15, -0.1) is 0 Å². The van der Waals surface area contributed by atoms with Crippen LogP contribution in [0.25, 0.3) is 0 Å². The second kappa shape index (κ2) is 4.20. The first kappa shape index (κ1) is 9.81. The van der Waals surface area contributed by atoms with Gasteiger partial charge >= 0.3 is 0 Å². The Labute approximate surface area is 86.6 Å². The molecule has 0 aromatic carbocycles. The smallest absolute Gasteiger partial charge is 0.194 e. The summed E-state index contributed by atoms with van der Waals surface area (Å²) in [5, 5.41) is 3.44. The van der Waals surface area contributed by atoms with Gasteiger partial charge in [0.2, 0.25) is 0 Å². The van der Waals surface area contributed by atoms with E-state index < -0.39 is 0 Å². The lowest BCUT2D eigenvalue weighted by molar-refractivity contribution is 0.412. The topological polar surface area (TPSA) is 27.6 Å². The summed E-state index contributed by atoms with van der Waals surface area (Å²) >= 11 is 0. The zero-order chi connectivity index (χ0) is 9.97. The maximum Gasteiger partial charge on any atom is 0.194 e. The van der Waals surface area contributed by atoms with Gasteiger partial charge in [-0.25, -0.2) is 0 Å². The van der Waals surface area contributed by atoms with Gasteiger partial charge in [0, 0.05) is 19.1 Å². The van der Waals surface area contributed by atoms with Crippen molar-refractivity contribution in [2.75, 3.05) is 19.6 Å². The lowest BCUT2D eigenvalue weighted by Crippen LogP contribution is -2.41. The molecule has 3 nitrogen and oxygen atoms in total. The third kappa shape index (κ3) is 2.20. The molecule has 2 aliphatic rings. The first-order valence-electron chi connectivity index (χ1n) is 5.81. The standard InChI is InChI=1S/C11H21N3/c1-9-4-3-6-14(7-5-9)11-12-8-10(2)13-11/h9-10H,3-8H2,1-2H3,(H,12,13). The molecule has 0 spiro atoms. The van der Waals surface area contributed by atoms with Crippen LogP contribution in [-0.2, 0) is 0 Å². The predicted molar refractivity (Wildman–Crippen MR) is 59.5 cm³/mol. The van der Waals surface area contributed by atoms with Crippen LogP contribution in [0.5, 0.6) is 0 Å². The molecule has 2 atom stereocenters. The number of nitrogens with one attached hydrogen (secondary N) is 1. The molecule has 2 heterocycles. The van der Waals surface area contributed by atoms with Gasteiger partial charge in [0.1, 0.15) is 0 Å². The Morgan fingerprint density at radius 1 is 1.29 bits per heavy atom. The van der Waals surface area contributed by atoms with E-state index in [-0.39, 0.29) is 0 Å². The summed E-state index contributed by atoms with van der Waals surface area (Å²) in [6.45, 7) is 7.86. The number of likely N-dealkylation sites (tertiary alicyclic amines) is 1. The molecule has 0 saturated carbocycles. The maximum atomic E-state index is 4.54. The van der Waals surface area contributed by atoms with Gasteiger partial charge in [-0.2, -0.15) is 0 Å². The zero-order valence-electron chi connectivity index (χ0n) is 9.29. The summed E-state index contributed by atoms with van der Waals surface area (Å²) in [7, 11) is 0. The molecule has 0 amide bonds. The van der Waals surface area contributed by atoms with Gasteiger partial charge < -0.3 is 10.2 Å². The van der Waals surface area contributed by atoms with E-state index in [1.54, 1.807) is 0 Å². The van der Waals surface area contributed by atoms with Crippen molar-refractivity contribution in [1.82, 2.24) is 10.2 Å². The Kier molecular flexibility index (Phi) is 2.94. The van der Waals surface area contributed by atoms with E-state index in [9.17, 15) is 0 Å². The van der Waals surface area contributed by atoms with E-state index in [0.29, 0.717) is 6.04 Å². The fraction of sp³-hybridized carbons (Fsp3) is 0.909. The van der Waals surface area contributed by atoms with Crippen molar-refractivity contribution < 1.29 is 0 Å². The van der Waals surface area contributed by atoms with Crippen molar-refractivity contribution in [3.05, 3.63) is 0 Å². The van der Waals surface area contributed by atoms with Crippen LogP contribution in [-0.4, -0.2) is 36.5 Å². The largest absolute Gasteiger partial charge is 0.352 e. The highest BCUT2D eigenvalue weighted by Gasteiger charge is 2.21. The summed E-state index contributed by atoms with van der Waals surface area (Å²) in [5.41, 5.74) is 0. The summed E-state index contributed by atoms with van der Waals surface area (Å²) in [6, 6.07) is 0.533. The number of hydrogen-bond donors (Lipinski definition) is 1. The van der Waals surface area contributed by atoms with Crippen LogP contribution in [0.3, 0.4) is 0 Å². The minimum Gasteiger partial charge on any atom is -0.352 e. The van der Waals surface area contributed by atoms with Crippen LogP contribution in [0.1, 0.15) is 33.1 Å². The molecular weight excluding hydrogens is 174 g/mol. The summed E-state index contributed by atoms with van der Waals surface area (Å²) in [6.07, 6.45) is 4.00. The maximum absolute atomic E-state index is 4.54. The van der Waals surface area contributed by atoms with E-state index in [1.165, 1.54) is 32.4 Å². The number of aliphatic imine (C=N–C) groups is 1. The quantitative estimate of drug-likeness (QED) is 0.633. The number of rotatable bonds is 0. The molecule has 0 aliphatic carbocycles. The van der Waals surface area contributed by atoms with E-state index in [1.807, 2.05) is 0 Å². The van der Waals surface area contributed by atoms with Gasteiger partial charge in [0.25, 0.3) is 0 Å². The highest BCUT2D eigenvalue weighted by molar-refractivity contribution is 5.81. The van der Waals surface area contributed by atoms with Crippen LogP contribution >= 0.6 is 0 Å². The van der Waals surface area contributed by atoms with Gasteiger partial charge in [0.05, 0.1) is 6.54 Å². The second-order valence-corrected chi connectivity index (χ2v) is 4.73. The van der Waals surface area contributed by atoms with E-state index in [4.69, 9.17) is 0 Å². The first-order chi connectivity index (χ1) is 6.75. The van der Waals surface area contributed by atoms with Gasteiger partial charge in [-0.3, -0.25) is 4.99 Å². The zero-order valence-corrected chi connectivity index (χ0v) is 9.29. The fourth-order valence-corrected chi connectivity index (χ4v) is 2.20. The summed E-state index contributed by atoms with van der Waals surface area (Å²) < 4.78 is 0. The van der Waals surface area contributed by atoms with Crippen molar-refractivity contribution in [2.24, 2.45) is 10.9 Å². The Morgan fingerprint density at radius 2 is 2.14 bits per heavy atom. The lowest BCUT2D eigenvalue weighted by Gasteiger charge is -2.23. The molecule has 1 fully saturated rings. The second-order valence-electron chi connectivity index (χ2n) is 4.73. The molecule has 0 aromatic rings. The van der Waals surface area contributed by atoms with Crippen molar-refractivity contribution >= 4 is 5.96 Å². The summed E-state index contributed by atoms with van der Waals surface area (Å²) in [4.78, 5) is 6.96. The fourth-order valence-electron chi connectivity index (χ4n) is 2.20. The average molecular weight is 195 g/mol. The molecule has 0 aromatic heterocycles. The Morgan fingerprint density at radius 3 is 2.86 bits per heavy atom. The average Bonchev–Trinajstić information content (AvgIpc) is 2.46. The van der Waals surface area contributed by atoms with Crippen molar-refractivity contribution in [1.29, 1.82) is 0 Å². The van der Waals surface area contributed by atoms with Gasteiger partial charge in [-0.05, 0) is 32.1 Å². The highest BCUT2D eigenvalue weighted by Crippen LogP contribution is 2.17. The molecule has 14 heavy (non-hydrogen) atoms. The summed E-state index contributed by atoms with van der Waals surface area (Å²) in [5.74, 6) is 2.03. The molecule has 2 aliphatic heterocycles. The van der Waals surface area contributed by atoms with Crippen molar-refractivity contribution in [3.8, 4) is 0 Å². The Bertz CT molecular complexity index is 225. The molecule has 80 valence electrons. The first-order valence-corrected chi connectivity index (χ1v) is 5.81. The monoisotopic (exact) mass is 195 g/mol. The number of hydrogen-bond acceptors (Lipinski definition) is 3. The van der Waals surface area contributed by atoms with E-state index in [2.05, 4.69) is 29.1 Å². The van der Waals surface area contributed by atoms with Crippen LogP contribution in [0, 0.1) is 5.92 Å². The van der Waals surface area contributed by atoms with E-state index in [0.717, 1.165) is 18.4 Å². The molecule has 1 saturated heterocycles. The van der Waals surface area contributed by atoms with Crippen LogP contribution in [0.4, 0.5) is 0 Å². The minimum absolute atomic E-state index is 0.533. The number of guanidine groups is 1. The third-order valence-electron chi connectivity index (χ3n) is 3.21. The van der Waals surface area contributed by atoms with Gasteiger partial charge in [0.15, 0.2) is 5.96 Å². The van der Waals surface area contributed by atoms with Crippen LogP contribution in [0.2, 0.25) is 0 Å². The van der Waals surface area contributed by atoms with Gasteiger partial charge in [-0.1, -0.05) is 6.92 Å². The normalized spacial score (nSPS) is 33.6. The van der Waals surface area contributed by atoms with Crippen molar-refractivity contribution in [2.45, 2.75) is 39.2 Å². The van der Waals surface area contributed by atoms with E-state index >= 15 is 0 Å². The SMILES string of the molecule is CC1CCCN(C2=NCC(C)N2)CC1. The van der Waals surface area contributed by atoms with Crippen LogP contribution in [0.15, 0.2) is 4.99 Å². The molecule has 2 unspecified atom stereocenters. The lowest BCUT2D eigenvalue weighted by atomic mass is 10.0. The Hall–Kier alpha value is -0.730.